The summed E-state index contributed by atoms with van der Waals surface area (Å²) in [4.78, 5) is 15.3. The van der Waals surface area contributed by atoms with Crippen molar-refractivity contribution in [1.82, 2.24) is 30.1 Å². The molecule has 68 valence electrons. The van der Waals surface area contributed by atoms with E-state index in [1.54, 1.807) is 18.7 Å². The molecule has 3 aromatic heterocycles. The number of hydrogen-bond acceptors (Lipinski definition) is 4. The van der Waals surface area contributed by atoms with Crippen molar-refractivity contribution in [1.29, 1.82) is 0 Å². The van der Waals surface area contributed by atoms with E-state index in [9.17, 15) is 0 Å². The highest BCUT2D eigenvalue weighted by atomic mass is 15.1. The Bertz CT molecular complexity index is 552. The van der Waals surface area contributed by atoms with Crippen LogP contribution in [0.5, 0.6) is 0 Å². The molecule has 0 bridgehead atoms. The summed E-state index contributed by atoms with van der Waals surface area (Å²) in [6, 6.07) is 0. The van der Waals surface area contributed by atoms with Gasteiger partial charge in [-0.05, 0) is 0 Å². The van der Waals surface area contributed by atoms with Gasteiger partial charge in [0, 0.05) is 11.8 Å². The molecule has 14 heavy (non-hydrogen) atoms. The molecule has 0 atom stereocenters. The van der Waals surface area contributed by atoms with E-state index >= 15 is 0 Å². The molecule has 0 radical (unpaired) electrons. The van der Waals surface area contributed by atoms with Crippen LogP contribution in [0.1, 0.15) is 0 Å². The van der Waals surface area contributed by atoms with Gasteiger partial charge in [0.15, 0.2) is 5.65 Å². The monoisotopic (exact) mass is 186 g/mol. The number of fused-ring (bicyclic) bond motifs is 1. The van der Waals surface area contributed by atoms with Crippen molar-refractivity contribution in [2.45, 2.75) is 0 Å². The Balaban J connectivity index is 2.36. The van der Waals surface area contributed by atoms with Gasteiger partial charge in [0.25, 0.3) is 0 Å². The average Bonchev–Trinajstić information content (AvgIpc) is 2.88. The molecule has 0 aliphatic rings. The maximum absolute atomic E-state index is 4.18. The van der Waals surface area contributed by atoms with Crippen LogP contribution in [0, 0.1) is 0 Å². The molecule has 3 aromatic rings. The van der Waals surface area contributed by atoms with Gasteiger partial charge in [0.1, 0.15) is 17.5 Å². The predicted octanol–water partition coefficient (Wildman–Crippen LogP) is 0.743. The lowest BCUT2D eigenvalue weighted by atomic mass is 10.2. The van der Waals surface area contributed by atoms with Crippen molar-refractivity contribution >= 4 is 11.2 Å². The number of aromatic nitrogens is 6. The van der Waals surface area contributed by atoms with Gasteiger partial charge in [-0.1, -0.05) is 0 Å². The quantitative estimate of drug-likeness (QED) is 0.587. The summed E-state index contributed by atoms with van der Waals surface area (Å²) in [5, 5.41) is 6.61. The van der Waals surface area contributed by atoms with E-state index in [1.165, 1.54) is 6.33 Å². The zero-order valence-corrected chi connectivity index (χ0v) is 7.10. The van der Waals surface area contributed by atoms with Crippen molar-refractivity contribution in [3.8, 4) is 11.3 Å². The molecule has 3 rings (SSSR count). The first-order chi connectivity index (χ1) is 6.95. The zero-order valence-electron chi connectivity index (χ0n) is 7.10. The number of nitrogens with one attached hydrogen (secondary N) is 2. The fourth-order valence-corrected chi connectivity index (χ4v) is 1.36. The van der Waals surface area contributed by atoms with E-state index in [0.29, 0.717) is 5.65 Å². The van der Waals surface area contributed by atoms with E-state index in [2.05, 4.69) is 30.1 Å². The summed E-state index contributed by atoms with van der Waals surface area (Å²) in [6.45, 7) is 0. The molecule has 0 unspecified atom stereocenters. The fourth-order valence-electron chi connectivity index (χ4n) is 1.36. The van der Waals surface area contributed by atoms with Gasteiger partial charge in [0.2, 0.25) is 0 Å². The van der Waals surface area contributed by atoms with Crippen LogP contribution in [0.25, 0.3) is 22.4 Å². The number of aromatic amines is 2. The van der Waals surface area contributed by atoms with Gasteiger partial charge in [-0.3, -0.25) is 5.10 Å². The minimum atomic E-state index is 0.663. The van der Waals surface area contributed by atoms with Crippen LogP contribution in [-0.4, -0.2) is 30.1 Å². The normalized spacial score (nSPS) is 10.9. The minimum Gasteiger partial charge on any atom is -0.341 e. The standard InChI is InChI=1S/C8H6N6/c1-5(2-14-13-1)6-7-8(11-3-9-6)12-4-10-7/h1-4H,(H,13,14)(H,9,10,11,12). The third-order valence-corrected chi connectivity index (χ3v) is 1.99. The predicted molar refractivity (Wildman–Crippen MR) is 49.3 cm³/mol. The first kappa shape index (κ1) is 7.19. The summed E-state index contributed by atoms with van der Waals surface area (Å²) < 4.78 is 0. The molecular formula is C8H6N6. The molecule has 2 N–H and O–H groups in total. The maximum atomic E-state index is 4.18. The van der Waals surface area contributed by atoms with E-state index in [1.807, 2.05) is 0 Å². The van der Waals surface area contributed by atoms with Crippen molar-refractivity contribution < 1.29 is 0 Å². The molecule has 0 amide bonds. The summed E-state index contributed by atoms with van der Waals surface area (Å²) in [6.07, 6.45) is 6.58. The summed E-state index contributed by atoms with van der Waals surface area (Å²) in [7, 11) is 0. The molecule has 0 aliphatic carbocycles. The lowest BCUT2D eigenvalue weighted by Gasteiger charge is -1.95. The van der Waals surface area contributed by atoms with Gasteiger partial charge in [-0.2, -0.15) is 5.10 Å². The molecule has 3 heterocycles. The first-order valence-electron chi connectivity index (χ1n) is 4.08. The summed E-state index contributed by atoms with van der Waals surface area (Å²) >= 11 is 0. The van der Waals surface area contributed by atoms with E-state index < -0.39 is 0 Å². The first-order valence-corrected chi connectivity index (χ1v) is 4.08. The topological polar surface area (TPSA) is 83.1 Å². The third-order valence-electron chi connectivity index (χ3n) is 1.99. The Morgan fingerprint density at radius 1 is 1.14 bits per heavy atom. The largest absolute Gasteiger partial charge is 0.341 e. The second-order valence-electron chi connectivity index (χ2n) is 2.81. The SMILES string of the molecule is c1nc(-c2cn[nH]c2)c2[nH]cnc2n1. The molecule has 0 saturated carbocycles. The molecule has 0 aromatic carbocycles. The van der Waals surface area contributed by atoms with Crippen LogP contribution in [0.4, 0.5) is 0 Å². The molecule has 0 saturated heterocycles. The van der Waals surface area contributed by atoms with Gasteiger partial charge in [-0.15, -0.1) is 0 Å². The average molecular weight is 186 g/mol. The summed E-state index contributed by atoms with van der Waals surface area (Å²) in [5.74, 6) is 0. The van der Waals surface area contributed by atoms with Crippen LogP contribution >= 0.6 is 0 Å². The molecule has 0 aliphatic heterocycles. The third kappa shape index (κ3) is 0.905. The van der Waals surface area contributed by atoms with Crippen molar-refractivity contribution in [3.05, 3.63) is 25.0 Å². The Morgan fingerprint density at radius 3 is 3.00 bits per heavy atom. The lowest BCUT2D eigenvalue weighted by Crippen LogP contribution is -1.86. The second kappa shape index (κ2) is 2.63. The zero-order chi connectivity index (χ0) is 9.38. The smallest absolute Gasteiger partial charge is 0.181 e. The highest BCUT2D eigenvalue weighted by Gasteiger charge is 2.08. The van der Waals surface area contributed by atoms with Crippen molar-refractivity contribution in [2.24, 2.45) is 0 Å². The number of imidazole rings is 1. The van der Waals surface area contributed by atoms with E-state index in [0.717, 1.165) is 16.8 Å². The van der Waals surface area contributed by atoms with Crippen LogP contribution in [0.15, 0.2) is 25.0 Å². The van der Waals surface area contributed by atoms with Crippen molar-refractivity contribution in [3.63, 3.8) is 0 Å². The van der Waals surface area contributed by atoms with E-state index in [4.69, 9.17) is 0 Å². The fraction of sp³-hybridized carbons (Fsp3) is 0. The number of rotatable bonds is 1. The Morgan fingerprint density at radius 2 is 2.14 bits per heavy atom. The van der Waals surface area contributed by atoms with Gasteiger partial charge in [0.05, 0.1) is 12.5 Å². The minimum absolute atomic E-state index is 0.663. The van der Waals surface area contributed by atoms with Crippen molar-refractivity contribution in [2.75, 3.05) is 0 Å². The number of nitrogens with zero attached hydrogens (tertiary/aromatic N) is 4. The second-order valence-corrected chi connectivity index (χ2v) is 2.81. The van der Waals surface area contributed by atoms with Crippen LogP contribution in [-0.2, 0) is 0 Å². The van der Waals surface area contributed by atoms with Gasteiger partial charge < -0.3 is 4.98 Å². The van der Waals surface area contributed by atoms with Gasteiger partial charge in [-0.25, -0.2) is 15.0 Å². The van der Waals surface area contributed by atoms with Crippen LogP contribution < -0.4 is 0 Å². The highest BCUT2D eigenvalue weighted by molar-refractivity contribution is 5.85. The molecule has 0 fully saturated rings. The molecule has 0 spiro atoms. The molecule has 6 heteroatoms. The highest BCUT2D eigenvalue weighted by Crippen LogP contribution is 2.20. The van der Waals surface area contributed by atoms with Crippen LogP contribution in [0.3, 0.4) is 0 Å². The molecule has 6 nitrogen and oxygen atoms in total. The number of H-pyrrole nitrogens is 2. The van der Waals surface area contributed by atoms with Crippen LogP contribution in [0.2, 0.25) is 0 Å². The Hall–Kier alpha value is -2.24. The van der Waals surface area contributed by atoms with E-state index in [-0.39, 0.29) is 0 Å². The van der Waals surface area contributed by atoms with Gasteiger partial charge >= 0.3 is 0 Å². The maximum Gasteiger partial charge on any atom is 0.181 e. The Kier molecular flexibility index (Phi) is 1.35. The molecular weight excluding hydrogens is 180 g/mol. The lowest BCUT2D eigenvalue weighted by molar-refractivity contribution is 1.09. The summed E-state index contributed by atoms with van der Waals surface area (Å²) in [5.41, 5.74) is 3.22. The number of hydrogen-bond donors (Lipinski definition) is 2. The Labute approximate surface area is 78.4 Å².